The van der Waals surface area contributed by atoms with Gasteiger partial charge in [-0.25, -0.2) is 4.79 Å². The number of amides is 3. The maximum absolute atomic E-state index is 11.3. The highest BCUT2D eigenvalue weighted by atomic mass is 35.5. The van der Waals surface area contributed by atoms with Crippen LogP contribution in [0.1, 0.15) is 12.5 Å². The van der Waals surface area contributed by atoms with E-state index < -0.39 is 17.3 Å². The van der Waals surface area contributed by atoms with Crippen molar-refractivity contribution in [2.45, 2.75) is 12.3 Å². The maximum atomic E-state index is 11.3. The fraction of sp³-hybridized carbons (Fsp3) is 0.182. The third kappa shape index (κ3) is 4.13. The lowest BCUT2D eigenvalue weighted by atomic mass is 10.2. The second-order valence-corrected chi connectivity index (χ2v) is 3.90. The minimum atomic E-state index is -0.776. The fourth-order valence-electron chi connectivity index (χ4n) is 1.00. The molecule has 0 saturated carbocycles. The first-order valence-electron chi connectivity index (χ1n) is 4.79. The topological polar surface area (TPSA) is 82.0 Å². The van der Waals surface area contributed by atoms with Gasteiger partial charge in [0.05, 0.1) is 11.6 Å². The molecule has 1 atom stereocenters. The molecule has 1 aromatic rings. The highest BCUT2D eigenvalue weighted by molar-refractivity contribution is 6.31. The van der Waals surface area contributed by atoms with Crippen LogP contribution in [-0.4, -0.2) is 17.3 Å². The summed E-state index contributed by atoms with van der Waals surface area (Å²) in [6.45, 7) is 1.46. The Morgan fingerprint density at radius 2 is 1.94 bits per heavy atom. The van der Waals surface area contributed by atoms with E-state index in [9.17, 15) is 9.59 Å². The minimum Gasteiger partial charge on any atom is -0.308 e. The third-order valence-electron chi connectivity index (χ3n) is 1.87. The van der Waals surface area contributed by atoms with Gasteiger partial charge in [-0.15, -0.1) is 11.6 Å². The number of hydrogen-bond acceptors (Lipinski definition) is 3. The van der Waals surface area contributed by atoms with Gasteiger partial charge in [-0.2, -0.15) is 5.26 Å². The van der Waals surface area contributed by atoms with Gasteiger partial charge in [-0.05, 0) is 31.2 Å². The lowest BCUT2D eigenvalue weighted by Crippen LogP contribution is -2.38. The number of urea groups is 1. The zero-order valence-corrected chi connectivity index (χ0v) is 9.78. The van der Waals surface area contributed by atoms with Crippen molar-refractivity contribution in [1.82, 2.24) is 5.32 Å². The van der Waals surface area contributed by atoms with Crippen molar-refractivity contribution in [2.24, 2.45) is 0 Å². The smallest absolute Gasteiger partial charge is 0.308 e. The Morgan fingerprint density at radius 1 is 1.35 bits per heavy atom. The van der Waals surface area contributed by atoms with E-state index >= 15 is 0 Å². The van der Waals surface area contributed by atoms with Crippen molar-refractivity contribution in [1.29, 1.82) is 5.26 Å². The average Bonchev–Trinajstić information content (AvgIpc) is 2.29. The Hall–Kier alpha value is -2.06. The van der Waals surface area contributed by atoms with E-state index in [0.717, 1.165) is 0 Å². The van der Waals surface area contributed by atoms with Gasteiger partial charge in [-0.1, -0.05) is 0 Å². The summed E-state index contributed by atoms with van der Waals surface area (Å²) in [6, 6.07) is 7.53. The van der Waals surface area contributed by atoms with Gasteiger partial charge in [0.1, 0.15) is 5.38 Å². The molecule has 1 unspecified atom stereocenters. The molecular weight excluding hydrogens is 242 g/mol. The van der Waals surface area contributed by atoms with Crippen LogP contribution in [0.25, 0.3) is 0 Å². The number of nitrogens with zero attached hydrogens (tertiary/aromatic N) is 1. The molecule has 17 heavy (non-hydrogen) atoms. The number of carbonyl (C=O) groups is 2. The molecule has 88 valence electrons. The fourth-order valence-corrected chi connectivity index (χ4v) is 1.06. The molecule has 0 bridgehead atoms. The maximum Gasteiger partial charge on any atom is 0.325 e. The van der Waals surface area contributed by atoms with Crippen LogP contribution in [0.4, 0.5) is 10.5 Å². The van der Waals surface area contributed by atoms with Crippen molar-refractivity contribution in [2.75, 3.05) is 5.32 Å². The number of nitriles is 1. The summed E-state index contributed by atoms with van der Waals surface area (Å²) in [5, 5.41) is 12.3. The molecule has 0 fully saturated rings. The first kappa shape index (κ1) is 13.0. The van der Waals surface area contributed by atoms with Gasteiger partial charge in [-0.3, -0.25) is 10.1 Å². The van der Waals surface area contributed by atoms with E-state index in [1.165, 1.54) is 6.92 Å². The molecule has 0 aromatic heterocycles. The minimum absolute atomic E-state index is 0.483. The average molecular weight is 252 g/mol. The monoisotopic (exact) mass is 251 g/mol. The Kier molecular flexibility index (Phi) is 4.49. The highest BCUT2D eigenvalue weighted by Crippen LogP contribution is 2.08. The molecule has 0 aliphatic carbocycles. The molecule has 0 heterocycles. The Labute approximate surface area is 103 Å². The summed E-state index contributed by atoms with van der Waals surface area (Å²) in [5.41, 5.74) is 0.970. The molecule has 0 aliphatic rings. The van der Waals surface area contributed by atoms with E-state index in [-0.39, 0.29) is 0 Å². The number of imide groups is 1. The van der Waals surface area contributed by atoms with Crippen LogP contribution in [0.2, 0.25) is 0 Å². The lowest BCUT2D eigenvalue weighted by Gasteiger charge is -2.07. The normalized spacial score (nSPS) is 11.1. The summed E-state index contributed by atoms with van der Waals surface area (Å²) < 4.78 is 0. The standard InChI is InChI=1S/C11H10ClN3O2/c1-7(12)10(16)15-11(17)14-9-4-2-8(6-13)3-5-9/h2-5,7H,1H3,(H2,14,15,16,17). The Balaban J connectivity index is 2.57. The summed E-state index contributed by atoms with van der Waals surface area (Å²) in [7, 11) is 0. The zero-order valence-electron chi connectivity index (χ0n) is 9.03. The summed E-state index contributed by atoms with van der Waals surface area (Å²) in [4.78, 5) is 22.4. The van der Waals surface area contributed by atoms with Crippen molar-refractivity contribution < 1.29 is 9.59 Å². The molecule has 2 N–H and O–H groups in total. The number of anilines is 1. The molecule has 5 nitrogen and oxygen atoms in total. The Morgan fingerprint density at radius 3 is 2.41 bits per heavy atom. The molecule has 0 spiro atoms. The second-order valence-electron chi connectivity index (χ2n) is 3.25. The number of hydrogen-bond donors (Lipinski definition) is 2. The van der Waals surface area contributed by atoms with E-state index in [2.05, 4.69) is 10.6 Å². The van der Waals surface area contributed by atoms with Crippen molar-refractivity contribution in [3.63, 3.8) is 0 Å². The van der Waals surface area contributed by atoms with Gasteiger partial charge in [0.15, 0.2) is 0 Å². The quantitative estimate of drug-likeness (QED) is 0.787. The van der Waals surface area contributed by atoms with Crippen LogP contribution >= 0.6 is 11.6 Å². The van der Waals surface area contributed by atoms with Crippen LogP contribution in [-0.2, 0) is 4.79 Å². The SMILES string of the molecule is CC(Cl)C(=O)NC(=O)Nc1ccc(C#N)cc1. The van der Waals surface area contributed by atoms with Crippen LogP contribution in [0.15, 0.2) is 24.3 Å². The van der Waals surface area contributed by atoms with Gasteiger partial charge >= 0.3 is 6.03 Å². The molecule has 1 aromatic carbocycles. The van der Waals surface area contributed by atoms with Crippen LogP contribution in [0.3, 0.4) is 0 Å². The Bertz CT molecular complexity index is 463. The summed E-state index contributed by atoms with van der Waals surface area (Å²) in [6.07, 6.45) is 0. The number of alkyl halides is 1. The molecule has 3 amide bonds. The largest absolute Gasteiger partial charge is 0.325 e. The predicted molar refractivity (Wildman–Crippen MR) is 63.6 cm³/mol. The highest BCUT2D eigenvalue weighted by Gasteiger charge is 2.12. The first-order chi connectivity index (χ1) is 8.02. The van der Waals surface area contributed by atoms with E-state index in [1.807, 2.05) is 6.07 Å². The molecule has 0 saturated heterocycles. The third-order valence-corrected chi connectivity index (χ3v) is 2.07. The number of carbonyl (C=O) groups excluding carboxylic acids is 2. The number of benzene rings is 1. The first-order valence-corrected chi connectivity index (χ1v) is 5.22. The van der Waals surface area contributed by atoms with Gasteiger partial charge in [0, 0.05) is 5.69 Å². The van der Waals surface area contributed by atoms with Crippen LogP contribution in [0.5, 0.6) is 0 Å². The second kappa shape index (κ2) is 5.87. The molecular formula is C11H10ClN3O2. The van der Waals surface area contributed by atoms with Crippen molar-refractivity contribution in [3.8, 4) is 6.07 Å². The van der Waals surface area contributed by atoms with E-state index in [0.29, 0.717) is 11.3 Å². The zero-order chi connectivity index (χ0) is 12.8. The molecule has 1 rings (SSSR count). The van der Waals surface area contributed by atoms with E-state index in [4.69, 9.17) is 16.9 Å². The molecule has 6 heteroatoms. The molecule has 0 radical (unpaired) electrons. The van der Waals surface area contributed by atoms with E-state index in [1.54, 1.807) is 24.3 Å². The summed E-state index contributed by atoms with van der Waals surface area (Å²) in [5.74, 6) is -0.571. The lowest BCUT2D eigenvalue weighted by molar-refractivity contribution is -0.119. The summed E-state index contributed by atoms with van der Waals surface area (Å²) >= 11 is 5.49. The van der Waals surface area contributed by atoms with Crippen LogP contribution in [0, 0.1) is 11.3 Å². The van der Waals surface area contributed by atoms with Gasteiger partial charge in [0.2, 0.25) is 5.91 Å². The van der Waals surface area contributed by atoms with Crippen molar-refractivity contribution in [3.05, 3.63) is 29.8 Å². The predicted octanol–water partition coefficient (Wildman–Crippen LogP) is 1.83. The molecule has 0 aliphatic heterocycles. The van der Waals surface area contributed by atoms with Crippen LogP contribution < -0.4 is 10.6 Å². The number of halogens is 1. The number of nitrogens with one attached hydrogen (secondary N) is 2. The van der Waals surface area contributed by atoms with Gasteiger partial charge < -0.3 is 5.32 Å². The van der Waals surface area contributed by atoms with Crippen molar-refractivity contribution >= 4 is 29.2 Å². The number of rotatable bonds is 2. The van der Waals surface area contributed by atoms with Gasteiger partial charge in [0.25, 0.3) is 0 Å².